The van der Waals surface area contributed by atoms with E-state index in [9.17, 15) is 9.59 Å². The maximum Gasteiger partial charge on any atom is 0.307 e. The van der Waals surface area contributed by atoms with Gasteiger partial charge in [0, 0.05) is 17.6 Å². The van der Waals surface area contributed by atoms with Crippen LogP contribution >= 0.6 is 15.9 Å². The van der Waals surface area contributed by atoms with Gasteiger partial charge in [0.05, 0.1) is 38.9 Å². The highest BCUT2D eigenvalue weighted by atomic mass is 79.9. The molecule has 0 spiro atoms. The van der Waals surface area contributed by atoms with Gasteiger partial charge < -0.3 is 19.5 Å². The SMILES string of the molecule is COC(=O)CCN(CCOCCO)C(=O)c1ccccc1Br. The average molecular weight is 374 g/mol. The number of carbonyl (C=O) groups excluding carboxylic acids is 2. The molecule has 22 heavy (non-hydrogen) atoms. The molecular weight excluding hydrogens is 354 g/mol. The first-order valence-electron chi connectivity index (χ1n) is 6.89. The van der Waals surface area contributed by atoms with Crippen molar-refractivity contribution < 1.29 is 24.2 Å². The number of aliphatic hydroxyl groups excluding tert-OH is 1. The molecule has 0 heterocycles. The van der Waals surface area contributed by atoms with Crippen molar-refractivity contribution in [2.75, 3.05) is 40.0 Å². The number of benzene rings is 1. The largest absolute Gasteiger partial charge is 0.469 e. The molecule has 0 aromatic heterocycles. The monoisotopic (exact) mass is 373 g/mol. The lowest BCUT2D eigenvalue weighted by atomic mass is 10.2. The van der Waals surface area contributed by atoms with E-state index >= 15 is 0 Å². The molecule has 1 amide bonds. The molecule has 0 radical (unpaired) electrons. The van der Waals surface area contributed by atoms with Crippen molar-refractivity contribution in [1.82, 2.24) is 4.90 Å². The first kappa shape index (κ1) is 18.6. The summed E-state index contributed by atoms with van der Waals surface area (Å²) < 4.78 is 10.5. The summed E-state index contributed by atoms with van der Waals surface area (Å²) in [4.78, 5) is 25.4. The molecule has 0 fully saturated rings. The molecule has 0 aliphatic heterocycles. The molecule has 0 unspecified atom stereocenters. The van der Waals surface area contributed by atoms with Crippen molar-refractivity contribution in [3.8, 4) is 0 Å². The third kappa shape index (κ3) is 6.13. The number of methoxy groups -OCH3 is 1. The Morgan fingerprint density at radius 3 is 2.59 bits per heavy atom. The van der Waals surface area contributed by atoms with E-state index in [0.29, 0.717) is 16.6 Å². The van der Waals surface area contributed by atoms with Crippen molar-refractivity contribution in [1.29, 1.82) is 0 Å². The fourth-order valence-electron chi connectivity index (χ4n) is 1.79. The standard InChI is InChI=1S/C15H20BrNO5/c1-21-14(19)6-7-17(8-10-22-11-9-18)15(20)12-4-2-3-5-13(12)16/h2-5,18H,6-11H2,1H3. The highest BCUT2D eigenvalue weighted by Gasteiger charge is 2.18. The number of nitrogens with zero attached hydrogens (tertiary/aromatic N) is 1. The minimum absolute atomic E-state index is 0.0691. The van der Waals surface area contributed by atoms with E-state index in [1.807, 2.05) is 6.07 Å². The highest BCUT2D eigenvalue weighted by Crippen LogP contribution is 2.18. The van der Waals surface area contributed by atoms with E-state index in [0.717, 1.165) is 0 Å². The van der Waals surface area contributed by atoms with E-state index in [4.69, 9.17) is 9.84 Å². The van der Waals surface area contributed by atoms with Crippen LogP contribution in [0.1, 0.15) is 16.8 Å². The van der Waals surface area contributed by atoms with E-state index in [-0.39, 0.29) is 44.7 Å². The summed E-state index contributed by atoms with van der Waals surface area (Å²) in [6.45, 7) is 1.01. The minimum Gasteiger partial charge on any atom is -0.469 e. The molecule has 0 aliphatic carbocycles. The van der Waals surface area contributed by atoms with Crippen LogP contribution in [-0.2, 0) is 14.3 Å². The summed E-state index contributed by atoms with van der Waals surface area (Å²) in [6.07, 6.45) is 0.118. The Bertz CT molecular complexity index is 495. The van der Waals surface area contributed by atoms with Gasteiger partial charge in [-0.1, -0.05) is 12.1 Å². The number of aliphatic hydroxyl groups is 1. The van der Waals surface area contributed by atoms with Gasteiger partial charge in [0.15, 0.2) is 0 Å². The topological polar surface area (TPSA) is 76.1 Å². The van der Waals surface area contributed by atoms with Gasteiger partial charge in [-0.25, -0.2) is 0 Å². The second kappa shape index (κ2) is 10.3. The van der Waals surface area contributed by atoms with E-state index in [1.165, 1.54) is 12.0 Å². The first-order valence-corrected chi connectivity index (χ1v) is 7.68. The average Bonchev–Trinajstić information content (AvgIpc) is 2.53. The summed E-state index contributed by atoms with van der Waals surface area (Å²) in [6, 6.07) is 7.10. The maximum absolute atomic E-state index is 12.6. The quantitative estimate of drug-likeness (QED) is 0.523. The van der Waals surface area contributed by atoms with Gasteiger partial charge in [0.1, 0.15) is 0 Å². The van der Waals surface area contributed by atoms with Crippen LogP contribution in [0.2, 0.25) is 0 Å². The van der Waals surface area contributed by atoms with E-state index < -0.39 is 0 Å². The zero-order valence-corrected chi connectivity index (χ0v) is 14.0. The Morgan fingerprint density at radius 1 is 1.23 bits per heavy atom. The Hall–Kier alpha value is -1.44. The van der Waals surface area contributed by atoms with Gasteiger partial charge in [0.2, 0.25) is 0 Å². The molecule has 1 aromatic rings. The molecule has 1 N–H and O–H groups in total. The summed E-state index contributed by atoms with van der Waals surface area (Å²) >= 11 is 3.35. The lowest BCUT2D eigenvalue weighted by molar-refractivity contribution is -0.140. The van der Waals surface area contributed by atoms with Crippen molar-refractivity contribution in [2.24, 2.45) is 0 Å². The van der Waals surface area contributed by atoms with Crippen molar-refractivity contribution in [3.05, 3.63) is 34.3 Å². The maximum atomic E-state index is 12.6. The van der Waals surface area contributed by atoms with E-state index in [2.05, 4.69) is 20.7 Å². The van der Waals surface area contributed by atoms with Gasteiger partial charge in [-0.2, -0.15) is 0 Å². The summed E-state index contributed by atoms with van der Waals surface area (Å²) in [7, 11) is 1.31. The number of carbonyl (C=O) groups is 2. The molecule has 122 valence electrons. The van der Waals surface area contributed by atoms with Crippen LogP contribution in [0.4, 0.5) is 0 Å². The molecule has 7 heteroatoms. The number of amides is 1. The van der Waals surface area contributed by atoms with Crippen LogP contribution in [0, 0.1) is 0 Å². The molecule has 0 saturated heterocycles. The second-order valence-corrected chi connectivity index (χ2v) is 5.29. The fourth-order valence-corrected chi connectivity index (χ4v) is 2.24. The predicted octanol–water partition coefficient (Wildman–Crippen LogP) is 1.46. The molecule has 0 saturated carbocycles. The van der Waals surface area contributed by atoms with Crippen LogP contribution < -0.4 is 0 Å². The highest BCUT2D eigenvalue weighted by molar-refractivity contribution is 9.10. The molecule has 1 aromatic carbocycles. The van der Waals surface area contributed by atoms with Gasteiger partial charge in [-0.05, 0) is 28.1 Å². The first-order chi connectivity index (χ1) is 10.6. The minimum atomic E-state index is -0.374. The normalized spacial score (nSPS) is 10.3. The van der Waals surface area contributed by atoms with Crippen molar-refractivity contribution in [2.45, 2.75) is 6.42 Å². The number of ether oxygens (including phenoxy) is 2. The zero-order chi connectivity index (χ0) is 16.4. The Labute approximate surface area is 138 Å². The van der Waals surface area contributed by atoms with Crippen LogP contribution in [0.3, 0.4) is 0 Å². The smallest absolute Gasteiger partial charge is 0.307 e. The van der Waals surface area contributed by atoms with Crippen LogP contribution in [0.25, 0.3) is 0 Å². The third-order valence-electron chi connectivity index (χ3n) is 2.95. The number of hydrogen-bond donors (Lipinski definition) is 1. The second-order valence-electron chi connectivity index (χ2n) is 4.43. The van der Waals surface area contributed by atoms with Gasteiger partial charge in [-0.15, -0.1) is 0 Å². The molecule has 0 atom stereocenters. The number of esters is 1. The number of hydrogen-bond acceptors (Lipinski definition) is 5. The van der Waals surface area contributed by atoms with Crippen LogP contribution in [-0.4, -0.2) is 61.9 Å². The Morgan fingerprint density at radius 2 is 1.95 bits per heavy atom. The lowest BCUT2D eigenvalue weighted by Crippen LogP contribution is -2.36. The van der Waals surface area contributed by atoms with Crippen molar-refractivity contribution in [3.63, 3.8) is 0 Å². The summed E-state index contributed by atoms with van der Waals surface area (Å²) in [5, 5.41) is 8.69. The van der Waals surface area contributed by atoms with Crippen LogP contribution in [0.15, 0.2) is 28.7 Å². The van der Waals surface area contributed by atoms with Crippen LogP contribution in [0.5, 0.6) is 0 Å². The predicted molar refractivity (Wildman–Crippen MR) is 84.6 cm³/mol. The third-order valence-corrected chi connectivity index (χ3v) is 3.64. The summed E-state index contributed by atoms with van der Waals surface area (Å²) in [5.41, 5.74) is 0.523. The molecule has 1 rings (SSSR count). The van der Waals surface area contributed by atoms with Gasteiger partial charge in [-0.3, -0.25) is 9.59 Å². The Kier molecular flexibility index (Phi) is 8.72. The van der Waals surface area contributed by atoms with Crippen molar-refractivity contribution >= 4 is 27.8 Å². The summed E-state index contributed by atoms with van der Waals surface area (Å²) in [5.74, 6) is -0.565. The fraction of sp³-hybridized carbons (Fsp3) is 0.467. The lowest BCUT2D eigenvalue weighted by Gasteiger charge is -2.22. The number of rotatable bonds is 9. The molecule has 0 aliphatic rings. The van der Waals surface area contributed by atoms with Gasteiger partial charge >= 0.3 is 5.97 Å². The molecule has 0 bridgehead atoms. The van der Waals surface area contributed by atoms with Gasteiger partial charge in [0.25, 0.3) is 5.91 Å². The van der Waals surface area contributed by atoms with E-state index in [1.54, 1.807) is 18.2 Å². The molecular formula is C15H20BrNO5. The zero-order valence-electron chi connectivity index (χ0n) is 12.5. The molecule has 6 nitrogen and oxygen atoms in total. The number of halogens is 1. The Balaban J connectivity index is 2.72.